The Bertz CT molecular complexity index is 317. The molecule has 2 nitrogen and oxygen atoms in total. The van der Waals surface area contributed by atoms with E-state index in [0.29, 0.717) is 6.42 Å². The monoisotopic (exact) mass is 238 g/mol. The SMILES string of the molecule is C#CCC(NC)c1cncc(Br)c1. The van der Waals surface area contributed by atoms with Gasteiger partial charge in [0.15, 0.2) is 0 Å². The molecule has 1 rings (SSSR count). The molecule has 0 aliphatic rings. The van der Waals surface area contributed by atoms with Gasteiger partial charge in [-0.15, -0.1) is 12.3 Å². The maximum Gasteiger partial charge on any atom is 0.0444 e. The van der Waals surface area contributed by atoms with Gasteiger partial charge in [-0.3, -0.25) is 4.98 Å². The topological polar surface area (TPSA) is 24.9 Å². The summed E-state index contributed by atoms with van der Waals surface area (Å²) >= 11 is 3.37. The largest absolute Gasteiger partial charge is 0.312 e. The van der Waals surface area contributed by atoms with Crippen LogP contribution in [0, 0.1) is 12.3 Å². The lowest BCUT2D eigenvalue weighted by molar-refractivity contribution is 0.609. The lowest BCUT2D eigenvalue weighted by Gasteiger charge is -2.12. The highest BCUT2D eigenvalue weighted by molar-refractivity contribution is 9.10. The third kappa shape index (κ3) is 2.83. The second kappa shape index (κ2) is 5.00. The lowest BCUT2D eigenvalue weighted by atomic mass is 10.1. The van der Waals surface area contributed by atoms with Crippen LogP contribution >= 0.6 is 15.9 Å². The summed E-state index contributed by atoms with van der Waals surface area (Å²) in [5.74, 6) is 2.63. The molecule has 0 fully saturated rings. The highest BCUT2D eigenvalue weighted by atomic mass is 79.9. The number of nitrogens with zero attached hydrogens (tertiary/aromatic N) is 1. The molecule has 1 aromatic heterocycles. The standard InChI is InChI=1S/C10H11BrN2/c1-3-4-10(12-2)8-5-9(11)7-13-6-8/h1,5-7,10,12H,4H2,2H3. The molecule has 0 aliphatic carbocycles. The average molecular weight is 239 g/mol. The van der Waals surface area contributed by atoms with E-state index < -0.39 is 0 Å². The fourth-order valence-corrected chi connectivity index (χ4v) is 1.51. The Balaban J connectivity index is 2.86. The third-order valence-corrected chi connectivity index (χ3v) is 2.23. The third-order valence-electron chi connectivity index (χ3n) is 1.80. The first-order valence-corrected chi connectivity index (χ1v) is 4.78. The second-order valence-corrected chi connectivity index (χ2v) is 3.60. The molecule has 1 N–H and O–H groups in total. The van der Waals surface area contributed by atoms with Crippen LogP contribution in [0.4, 0.5) is 0 Å². The molecule has 1 unspecified atom stereocenters. The van der Waals surface area contributed by atoms with Gasteiger partial charge < -0.3 is 5.32 Å². The predicted octanol–water partition coefficient (Wildman–Crippen LogP) is 2.13. The predicted molar refractivity (Wildman–Crippen MR) is 57.2 cm³/mol. The minimum atomic E-state index is 0.190. The van der Waals surface area contributed by atoms with Crippen molar-refractivity contribution < 1.29 is 0 Å². The first-order chi connectivity index (χ1) is 6.27. The van der Waals surface area contributed by atoms with Crippen LogP contribution in [0.2, 0.25) is 0 Å². The summed E-state index contributed by atoms with van der Waals surface area (Å²) < 4.78 is 0.974. The quantitative estimate of drug-likeness (QED) is 0.817. The van der Waals surface area contributed by atoms with Gasteiger partial charge >= 0.3 is 0 Å². The van der Waals surface area contributed by atoms with E-state index in [1.54, 1.807) is 6.20 Å². The van der Waals surface area contributed by atoms with Crippen LogP contribution in [0.25, 0.3) is 0 Å². The molecule has 1 atom stereocenters. The summed E-state index contributed by atoms with van der Waals surface area (Å²) in [5.41, 5.74) is 1.11. The summed E-state index contributed by atoms with van der Waals surface area (Å²) in [7, 11) is 1.89. The number of rotatable bonds is 3. The molecule has 13 heavy (non-hydrogen) atoms. The van der Waals surface area contributed by atoms with E-state index in [2.05, 4.69) is 32.2 Å². The van der Waals surface area contributed by atoms with Gasteiger partial charge in [0.25, 0.3) is 0 Å². The summed E-state index contributed by atoms with van der Waals surface area (Å²) in [4.78, 5) is 4.08. The molecule has 0 amide bonds. The Morgan fingerprint density at radius 2 is 2.46 bits per heavy atom. The molecular formula is C10H11BrN2. The zero-order valence-corrected chi connectivity index (χ0v) is 9.01. The average Bonchev–Trinajstić information content (AvgIpc) is 2.14. The summed E-state index contributed by atoms with van der Waals surface area (Å²) in [6.45, 7) is 0. The van der Waals surface area contributed by atoms with Crippen molar-refractivity contribution in [3.63, 3.8) is 0 Å². The molecule has 0 bridgehead atoms. The summed E-state index contributed by atoms with van der Waals surface area (Å²) in [6, 6.07) is 2.21. The van der Waals surface area contributed by atoms with E-state index in [1.807, 2.05) is 19.3 Å². The van der Waals surface area contributed by atoms with Crippen molar-refractivity contribution in [2.24, 2.45) is 0 Å². The molecular weight excluding hydrogens is 228 g/mol. The van der Waals surface area contributed by atoms with E-state index in [1.165, 1.54) is 0 Å². The molecule has 0 aliphatic heterocycles. The smallest absolute Gasteiger partial charge is 0.0444 e. The lowest BCUT2D eigenvalue weighted by Crippen LogP contribution is -2.15. The van der Waals surface area contributed by atoms with Crippen LogP contribution in [-0.2, 0) is 0 Å². The van der Waals surface area contributed by atoms with Crippen LogP contribution < -0.4 is 5.32 Å². The number of hydrogen-bond donors (Lipinski definition) is 1. The van der Waals surface area contributed by atoms with Gasteiger partial charge in [-0.05, 0) is 34.6 Å². The normalized spacial score (nSPS) is 12.1. The molecule has 1 heterocycles. The molecule has 0 aromatic carbocycles. The van der Waals surface area contributed by atoms with Crippen molar-refractivity contribution in [1.29, 1.82) is 0 Å². The van der Waals surface area contributed by atoms with Crippen molar-refractivity contribution in [3.05, 3.63) is 28.5 Å². The highest BCUT2D eigenvalue weighted by Gasteiger charge is 2.07. The number of nitrogens with one attached hydrogen (secondary N) is 1. The number of halogens is 1. The first kappa shape index (κ1) is 10.2. The van der Waals surface area contributed by atoms with Crippen LogP contribution in [0.3, 0.4) is 0 Å². The van der Waals surface area contributed by atoms with Gasteiger partial charge in [-0.2, -0.15) is 0 Å². The van der Waals surface area contributed by atoms with Gasteiger partial charge in [0.2, 0.25) is 0 Å². The highest BCUT2D eigenvalue weighted by Crippen LogP contribution is 2.18. The Kier molecular flexibility index (Phi) is 3.94. The van der Waals surface area contributed by atoms with Crippen molar-refractivity contribution in [3.8, 4) is 12.3 Å². The molecule has 0 radical (unpaired) electrons. The van der Waals surface area contributed by atoms with Crippen molar-refractivity contribution in [1.82, 2.24) is 10.3 Å². The van der Waals surface area contributed by atoms with E-state index in [9.17, 15) is 0 Å². The van der Waals surface area contributed by atoms with Crippen LogP contribution in [0.5, 0.6) is 0 Å². The molecule has 0 saturated heterocycles. The fraction of sp³-hybridized carbons (Fsp3) is 0.300. The Hall–Kier alpha value is -0.850. The minimum absolute atomic E-state index is 0.190. The van der Waals surface area contributed by atoms with Crippen molar-refractivity contribution >= 4 is 15.9 Å². The van der Waals surface area contributed by atoms with Crippen molar-refractivity contribution in [2.75, 3.05) is 7.05 Å². The summed E-state index contributed by atoms with van der Waals surface area (Å²) in [6.07, 6.45) is 9.51. The van der Waals surface area contributed by atoms with Gasteiger partial charge in [0.05, 0.1) is 0 Å². The maximum absolute atomic E-state index is 5.26. The van der Waals surface area contributed by atoms with E-state index >= 15 is 0 Å². The number of terminal acetylenes is 1. The van der Waals surface area contributed by atoms with Gasteiger partial charge in [0.1, 0.15) is 0 Å². The van der Waals surface area contributed by atoms with E-state index in [-0.39, 0.29) is 6.04 Å². The fourth-order valence-electron chi connectivity index (χ4n) is 1.12. The van der Waals surface area contributed by atoms with Gasteiger partial charge in [-0.25, -0.2) is 0 Å². The Morgan fingerprint density at radius 1 is 1.69 bits per heavy atom. The second-order valence-electron chi connectivity index (χ2n) is 2.69. The maximum atomic E-state index is 5.26. The summed E-state index contributed by atoms with van der Waals surface area (Å²) in [5, 5.41) is 3.14. The zero-order chi connectivity index (χ0) is 9.68. The zero-order valence-electron chi connectivity index (χ0n) is 7.42. The molecule has 0 saturated carbocycles. The molecule has 1 aromatic rings. The van der Waals surface area contributed by atoms with Crippen LogP contribution in [0.15, 0.2) is 22.9 Å². The Morgan fingerprint density at radius 3 is 3.00 bits per heavy atom. The minimum Gasteiger partial charge on any atom is -0.312 e. The van der Waals surface area contributed by atoms with Crippen molar-refractivity contribution in [2.45, 2.75) is 12.5 Å². The Labute approximate surface area is 86.9 Å². The molecule has 0 spiro atoms. The molecule has 3 heteroatoms. The van der Waals surface area contributed by atoms with E-state index in [4.69, 9.17) is 6.42 Å². The van der Waals surface area contributed by atoms with Gasteiger partial charge in [-0.1, -0.05) is 0 Å². The first-order valence-electron chi connectivity index (χ1n) is 3.99. The van der Waals surface area contributed by atoms with Crippen LogP contribution in [0.1, 0.15) is 18.0 Å². The number of hydrogen-bond acceptors (Lipinski definition) is 2. The number of pyridine rings is 1. The van der Waals surface area contributed by atoms with E-state index in [0.717, 1.165) is 10.0 Å². The molecule has 68 valence electrons. The van der Waals surface area contributed by atoms with Crippen LogP contribution in [-0.4, -0.2) is 12.0 Å². The number of aromatic nitrogens is 1. The van der Waals surface area contributed by atoms with Gasteiger partial charge in [0, 0.05) is 29.3 Å².